The van der Waals surface area contributed by atoms with Crippen molar-refractivity contribution in [1.29, 1.82) is 0 Å². The molecule has 1 unspecified atom stereocenters. The third-order valence-electron chi connectivity index (χ3n) is 5.40. The molecule has 3 N–H and O–H groups in total. The van der Waals surface area contributed by atoms with Gasteiger partial charge in [0.2, 0.25) is 0 Å². The van der Waals surface area contributed by atoms with E-state index in [1.807, 2.05) is 18.2 Å². The quantitative estimate of drug-likeness (QED) is 0.785. The van der Waals surface area contributed by atoms with Crippen LogP contribution in [0, 0.1) is 11.8 Å². The van der Waals surface area contributed by atoms with Crippen LogP contribution in [0.25, 0.3) is 0 Å². The SMILES string of the molecule is COc1ccc(Cl)cc1C(=O)NC(c1ccccn1)C1CCC(CN)CC1. The first kappa shape index (κ1) is 19.6. The highest BCUT2D eigenvalue weighted by molar-refractivity contribution is 6.31. The van der Waals surface area contributed by atoms with Crippen molar-refractivity contribution in [1.82, 2.24) is 10.3 Å². The predicted octanol–water partition coefficient (Wildman–Crippen LogP) is 3.98. The molecule has 2 aromatic rings. The minimum atomic E-state index is -0.203. The summed E-state index contributed by atoms with van der Waals surface area (Å²) in [6.45, 7) is 0.729. The van der Waals surface area contributed by atoms with E-state index in [-0.39, 0.29) is 11.9 Å². The number of ether oxygens (including phenoxy) is 1. The summed E-state index contributed by atoms with van der Waals surface area (Å²) < 4.78 is 5.33. The molecular formula is C21H26ClN3O2. The number of carbonyl (C=O) groups is 1. The molecule has 1 aliphatic carbocycles. The van der Waals surface area contributed by atoms with Gasteiger partial charge in [0.25, 0.3) is 5.91 Å². The minimum Gasteiger partial charge on any atom is -0.496 e. The zero-order valence-electron chi connectivity index (χ0n) is 15.5. The first-order chi connectivity index (χ1) is 13.1. The molecule has 144 valence electrons. The van der Waals surface area contributed by atoms with Crippen LogP contribution in [0.2, 0.25) is 5.02 Å². The van der Waals surface area contributed by atoms with E-state index in [0.29, 0.717) is 28.2 Å². The van der Waals surface area contributed by atoms with Gasteiger partial charge in [-0.3, -0.25) is 9.78 Å². The Hall–Kier alpha value is -2.11. The maximum atomic E-state index is 13.0. The lowest BCUT2D eigenvalue weighted by Crippen LogP contribution is -2.36. The second kappa shape index (κ2) is 9.20. The molecule has 0 spiro atoms. The zero-order chi connectivity index (χ0) is 19.2. The molecule has 1 heterocycles. The van der Waals surface area contributed by atoms with E-state index in [4.69, 9.17) is 22.1 Å². The molecule has 1 fully saturated rings. The average Bonchev–Trinajstić information content (AvgIpc) is 2.72. The van der Waals surface area contributed by atoms with Gasteiger partial charge in [0.15, 0.2) is 0 Å². The zero-order valence-corrected chi connectivity index (χ0v) is 16.3. The van der Waals surface area contributed by atoms with Crippen LogP contribution in [0.4, 0.5) is 0 Å². The Morgan fingerprint density at radius 1 is 1.30 bits per heavy atom. The van der Waals surface area contributed by atoms with Crippen molar-refractivity contribution in [3.05, 3.63) is 58.9 Å². The Balaban J connectivity index is 1.84. The fourth-order valence-electron chi connectivity index (χ4n) is 3.83. The summed E-state index contributed by atoms with van der Waals surface area (Å²) in [6.07, 6.45) is 5.98. The molecule has 1 aliphatic rings. The van der Waals surface area contributed by atoms with Gasteiger partial charge in [0, 0.05) is 11.2 Å². The maximum Gasteiger partial charge on any atom is 0.255 e. The van der Waals surface area contributed by atoms with Crippen LogP contribution in [0.3, 0.4) is 0 Å². The molecule has 1 aromatic carbocycles. The van der Waals surface area contributed by atoms with Crippen molar-refractivity contribution in [2.45, 2.75) is 31.7 Å². The maximum absolute atomic E-state index is 13.0. The van der Waals surface area contributed by atoms with Crippen molar-refractivity contribution < 1.29 is 9.53 Å². The number of halogens is 1. The Kier molecular flexibility index (Phi) is 6.69. The highest BCUT2D eigenvalue weighted by Gasteiger charge is 2.31. The molecule has 3 rings (SSSR count). The molecule has 1 saturated carbocycles. The molecule has 0 radical (unpaired) electrons. The van der Waals surface area contributed by atoms with E-state index >= 15 is 0 Å². The van der Waals surface area contributed by atoms with Crippen molar-refractivity contribution in [3.8, 4) is 5.75 Å². The summed E-state index contributed by atoms with van der Waals surface area (Å²) in [4.78, 5) is 17.5. The van der Waals surface area contributed by atoms with Crippen LogP contribution in [-0.2, 0) is 0 Å². The van der Waals surface area contributed by atoms with Gasteiger partial charge < -0.3 is 15.8 Å². The van der Waals surface area contributed by atoms with Crippen molar-refractivity contribution in [2.24, 2.45) is 17.6 Å². The molecule has 0 saturated heterocycles. The number of methoxy groups -OCH3 is 1. The predicted molar refractivity (Wildman–Crippen MR) is 107 cm³/mol. The Morgan fingerprint density at radius 3 is 2.70 bits per heavy atom. The summed E-state index contributed by atoms with van der Waals surface area (Å²) in [7, 11) is 1.55. The normalized spacial score (nSPS) is 20.7. The van der Waals surface area contributed by atoms with Gasteiger partial charge in [-0.05, 0) is 74.4 Å². The number of amides is 1. The van der Waals surface area contributed by atoms with E-state index in [9.17, 15) is 4.79 Å². The van der Waals surface area contributed by atoms with E-state index < -0.39 is 0 Å². The van der Waals surface area contributed by atoms with Crippen LogP contribution in [-0.4, -0.2) is 24.5 Å². The topological polar surface area (TPSA) is 77.2 Å². The molecule has 1 atom stereocenters. The molecule has 27 heavy (non-hydrogen) atoms. The van der Waals surface area contributed by atoms with E-state index in [1.54, 1.807) is 31.5 Å². The summed E-state index contributed by atoms with van der Waals surface area (Å²) in [5.41, 5.74) is 7.14. The third kappa shape index (κ3) is 4.79. The minimum absolute atomic E-state index is 0.152. The van der Waals surface area contributed by atoms with Crippen molar-refractivity contribution in [3.63, 3.8) is 0 Å². The fourth-order valence-corrected chi connectivity index (χ4v) is 4.00. The van der Waals surface area contributed by atoms with Gasteiger partial charge in [-0.1, -0.05) is 17.7 Å². The lowest BCUT2D eigenvalue weighted by Gasteiger charge is -2.33. The molecule has 0 bridgehead atoms. The van der Waals surface area contributed by atoms with Gasteiger partial charge in [-0.25, -0.2) is 0 Å². The van der Waals surface area contributed by atoms with Gasteiger partial charge in [-0.2, -0.15) is 0 Å². The number of pyridine rings is 1. The molecule has 1 aromatic heterocycles. The van der Waals surface area contributed by atoms with Crippen LogP contribution < -0.4 is 15.8 Å². The molecule has 5 nitrogen and oxygen atoms in total. The summed E-state index contributed by atoms with van der Waals surface area (Å²) in [5, 5.41) is 3.68. The summed E-state index contributed by atoms with van der Waals surface area (Å²) in [5.74, 6) is 1.21. The fraction of sp³-hybridized carbons (Fsp3) is 0.429. The monoisotopic (exact) mass is 387 g/mol. The number of hydrogen-bond acceptors (Lipinski definition) is 4. The highest BCUT2D eigenvalue weighted by atomic mass is 35.5. The Morgan fingerprint density at radius 2 is 2.07 bits per heavy atom. The first-order valence-electron chi connectivity index (χ1n) is 9.37. The van der Waals surface area contributed by atoms with Crippen LogP contribution in [0.5, 0.6) is 5.75 Å². The smallest absolute Gasteiger partial charge is 0.255 e. The number of rotatable bonds is 6. The Labute approximate surface area is 165 Å². The standard InChI is InChI=1S/C21H26ClN3O2/c1-27-19-10-9-16(22)12-17(19)21(26)25-20(18-4-2-3-11-24-18)15-7-5-14(13-23)6-8-15/h2-4,9-12,14-15,20H,5-8,13,23H2,1H3,(H,25,26). The number of nitrogens with zero attached hydrogens (tertiary/aromatic N) is 1. The number of nitrogens with one attached hydrogen (secondary N) is 1. The van der Waals surface area contributed by atoms with E-state index in [1.165, 1.54) is 0 Å². The second-order valence-electron chi connectivity index (χ2n) is 7.07. The van der Waals surface area contributed by atoms with Gasteiger partial charge in [0.1, 0.15) is 5.75 Å². The molecular weight excluding hydrogens is 362 g/mol. The molecule has 0 aliphatic heterocycles. The first-order valence-corrected chi connectivity index (χ1v) is 9.75. The van der Waals surface area contributed by atoms with E-state index in [2.05, 4.69) is 10.3 Å². The third-order valence-corrected chi connectivity index (χ3v) is 5.63. The van der Waals surface area contributed by atoms with Crippen molar-refractivity contribution in [2.75, 3.05) is 13.7 Å². The summed E-state index contributed by atoms with van der Waals surface area (Å²) in [6, 6.07) is 10.7. The Bertz CT molecular complexity index is 761. The summed E-state index contributed by atoms with van der Waals surface area (Å²) >= 11 is 6.09. The van der Waals surface area contributed by atoms with E-state index in [0.717, 1.165) is 37.9 Å². The van der Waals surface area contributed by atoms with Gasteiger partial charge in [0.05, 0.1) is 24.4 Å². The largest absolute Gasteiger partial charge is 0.496 e. The number of nitrogens with two attached hydrogens (primary N) is 1. The van der Waals surface area contributed by atoms with Crippen LogP contribution in [0.15, 0.2) is 42.6 Å². The van der Waals surface area contributed by atoms with Crippen LogP contribution in [0.1, 0.15) is 47.8 Å². The van der Waals surface area contributed by atoms with Crippen molar-refractivity contribution >= 4 is 17.5 Å². The second-order valence-corrected chi connectivity index (χ2v) is 7.50. The lowest BCUT2D eigenvalue weighted by molar-refractivity contribution is 0.0902. The molecule has 1 amide bonds. The lowest BCUT2D eigenvalue weighted by atomic mass is 9.77. The number of benzene rings is 1. The average molecular weight is 388 g/mol. The van der Waals surface area contributed by atoms with Gasteiger partial charge >= 0.3 is 0 Å². The van der Waals surface area contributed by atoms with Gasteiger partial charge in [-0.15, -0.1) is 0 Å². The molecule has 6 heteroatoms. The number of aromatic nitrogens is 1. The number of carbonyl (C=O) groups excluding carboxylic acids is 1. The van der Waals surface area contributed by atoms with Crippen LogP contribution >= 0.6 is 11.6 Å². The highest BCUT2D eigenvalue weighted by Crippen LogP contribution is 2.36. The number of hydrogen-bond donors (Lipinski definition) is 2.